The van der Waals surface area contributed by atoms with Crippen LogP contribution >= 0.6 is 0 Å². The molecule has 0 unspecified atom stereocenters. The number of hydrogen-bond acceptors (Lipinski definition) is 6. The molecule has 0 saturated carbocycles. The number of benzene rings is 1. The lowest BCUT2D eigenvalue weighted by molar-refractivity contribution is -0.145. The van der Waals surface area contributed by atoms with Gasteiger partial charge < -0.3 is 19.5 Å². The second kappa shape index (κ2) is 7.84. The second-order valence-corrected chi connectivity index (χ2v) is 4.74. The van der Waals surface area contributed by atoms with Gasteiger partial charge in [0.1, 0.15) is 25.0 Å². The Morgan fingerprint density at radius 2 is 2.04 bits per heavy atom. The molecule has 120 valence electrons. The van der Waals surface area contributed by atoms with Gasteiger partial charge >= 0.3 is 18.0 Å². The zero-order valence-electron chi connectivity index (χ0n) is 12.2. The zero-order valence-corrected chi connectivity index (χ0v) is 12.2. The summed E-state index contributed by atoms with van der Waals surface area (Å²) >= 11 is 0. The van der Waals surface area contributed by atoms with E-state index in [9.17, 15) is 14.4 Å². The minimum Gasteiger partial charge on any atom is -0.481 e. The molecule has 0 aromatic heterocycles. The van der Waals surface area contributed by atoms with E-state index in [-0.39, 0.29) is 26.1 Å². The molecule has 2 rings (SSSR count). The number of alkyl carbamates (subject to hydrolysis) is 1. The monoisotopic (exact) mass is 317 g/mol. The third kappa shape index (κ3) is 5.04. The quantitative estimate of drug-likeness (QED) is 0.461. The summed E-state index contributed by atoms with van der Waals surface area (Å²) in [7, 11) is 0. The van der Waals surface area contributed by atoms with Crippen LogP contribution in [0.1, 0.15) is 18.4 Å². The maximum atomic E-state index is 11.6. The van der Waals surface area contributed by atoms with E-state index in [4.69, 9.17) is 15.9 Å². The molecule has 0 bridgehead atoms. The van der Waals surface area contributed by atoms with Gasteiger partial charge in [-0.3, -0.25) is 4.79 Å². The number of hydrogen-bond donors (Lipinski definition) is 1. The van der Waals surface area contributed by atoms with Crippen LogP contribution in [0.15, 0.2) is 24.3 Å². The molecule has 1 aliphatic heterocycles. The van der Waals surface area contributed by atoms with Gasteiger partial charge in [0.2, 0.25) is 0 Å². The van der Waals surface area contributed by atoms with E-state index < -0.39 is 24.1 Å². The Bertz CT molecular complexity index is 631. The van der Waals surface area contributed by atoms with Gasteiger partial charge in [0.25, 0.3) is 0 Å². The highest BCUT2D eigenvalue weighted by atomic mass is 16.6. The lowest BCUT2D eigenvalue weighted by Gasteiger charge is -2.08. The van der Waals surface area contributed by atoms with Crippen LogP contribution in [-0.2, 0) is 25.7 Å². The van der Waals surface area contributed by atoms with E-state index in [2.05, 4.69) is 16.0 Å². The van der Waals surface area contributed by atoms with E-state index in [0.29, 0.717) is 5.75 Å². The second-order valence-electron chi connectivity index (χ2n) is 4.74. The summed E-state index contributed by atoms with van der Waals surface area (Å²) in [5, 5.41) is 2.31. The number of ether oxygens (including phenoxy) is 3. The SMILES string of the molecule is C#CCOc1ccc(COC(=O)CC[C@H]2NC(=O)OC2=O)cc1. The average molecular weight is 317 g/mol. The number of cyclic esters (lactones) is 2. The fourth-order valence-corrected chi connectivity index (χ4v) is 1.89. The van der Waals surface area contributed by atoms with Crippen LogP contribution in [-0.4, -0.2) is 30.7 Å². The Labute approximate surface area is 132 Å². The van der Waals surface area contributed by atoms with Gasteiger partial charge in [0.15, 0.2) is 0 Å². The first kappa shape index (κ1) is 16.4. The molecule has 1 saturated heterocycles. The highest BCUT2D eigenvalue weighted by molar-refractivity contribution is 5.95. The van der Waals surface area contributed by atoms with Crippen molar-refractivity contribution in [3.05, 3.63) is 29.8 Å². The number of carbonyl (C=O) groups excluding carboxylic acids is 3. The van der Waals surface area contributed by atoms with Crippen LogP contribution in [0.25, 0.3) is 0 Å². The highest BCUT2D eigenvalue weighted by Gasteiger charge is 2.32. The number of nitrogens with one attached hydrogen (secondary N) is 1. The summed E-state index contributed by atoms with van der Waals surface area (Å²) in [6.07, 6.45) is 4.45. The molecule has 23 heavy (non-hydrogen) atoms. The van der Waals surface area contributed by atoms with E-state index in [1.165, 1.54) is 0 Å². The molecule has 0 radical (unpaired) electrons. The summed E-state index contributed by atoms with van der Waals surface area (Å²) in [5.74, 6) is 1.85. The van der Waals surface area contributed by atoms with Crippen LogP contribution in [0.5, 0.6) is 5.75 Å². The molecule has 1 aliphatic rings. The highest BCUT2D eigenvalue weighted by Crippen LogP contribution is 2.13. The molecule has 0 spiro atoms. The van der Waals surface area contributed by atoms with E-state index in [1.54, 1.807) is 24.3 Å². The van der Waals surface area contributed by atoms with E-state index in [1.807, 2.05) is 0 Å². The van der Waals surface area contributed by atoms with Gasteiger partial charge in [0.05, 0.1) is 0 Å². The number of rotatable bonds is 7. The van der Waals surface area contributed by atoms with Crippen LogP contribution in [0.2, 0.25) is 0 Å². The fourth-order valence-electron chi connectivity index (χ4n) is 1.89. The normalized spacial score (nSPS) is 16.2. The minimum atomic E-state index is -0.791. The topological polar surface area (TPSA) is 90.9 Å². The van der Waals surface area contributed by atoms with Gasteiger partial charge in [-0.25, -0.2) is 9.59 Å². The summed E-state index contributed by atoms with van der Waals surface area (Å²) < 4.78 is 14.6. The molecule has 1 N–H and O–H groups in total. The maximum Gasteiger partial charge on any atom is 0.415 e. The number of carbonyl (C=O) groups is 3. The predicted octanol–water partition coefficient (Wildman–Crippen LogP) is 1.16. The van der Waals surface area contributed by atoms with Gasteiger partial charge in [-0.15, -0.1) is 6.42 Å². The Morgan fingerprint density at radius 1 is 1.30 bits per heavy atom. The zero-order chi connectivity index (χ0) is 16.7. The third-order valence-electron chi connectivity index (χ3n) is 3.05. The average Bonchev–Trinajstić information content (AvgIpc) is 2.87. The molecule has 1 fully saturated rings. The van der Waals surface area contributed by atoms with E-state index >= 15 is 0 Å². The summed E-state index contributed by atoms with van der Waals surface area (Å²) in [6, 6.07) is 6.18. The first-order chi connectivity index (χ1) is 11.1. The minimum absolute atomic E-state index is 0.00338. The van der Waals surface area contributed by atoms with Crippen LogP contribution in [0.3, 0.4) is 0 Å². The number of amides is 1. The first-order valence-electron chi connectivity index (χ1n) is 6.91. The predicted molar refractivity (Wildman–Crippen MR) is 78.2 cm³/mol. The third-order valence-corrected chi connectivity index (χ3v) is 3.05. The van der Waals surface area contributed by atoms with Gasteiger partial charge in [-0.05, 0) is 24.1 Å². The Morgan fingerprint density at radius 3 is 2.65 bits per heavy atom. The largest absolute Gasteiger partial charge is 0.481 e. The van der Waals surface area contributed by atoms with Crippen molar-refractivity contribution in [2.24, 2.45) is 0 Å². The molecule has 7 nitrogen and oxygen atoms in total. The lowest BCUT2D eigenvalue weighted by atomic mass is 10.1. The van der Waals surface area contributed by atoms with Crippen molar-refractivity contribution >= 4 is 18.0 Å². The van der Waals surface area contributed by atoms with Crippen molar-refractivity contribution in [1.82, 2.24) is 5.32 Å². The number of esters is 2. The van der Waals surface area contributed by atoms with Crippen LogP contribution < -0.4 is 10.1 Å². The molecule has 0 aliphatic carbocycles. The van der Waals surface area contributed by atoms with Crippen molar-refractivity contribution in [1.29, 1.82) is 0 Å². The standard InChI is InChI=1S/C16H15NO6/c1-2-9-21-12-5-3-11(4-6-12)10-22-14(18)8-7-13-15(19)23-16(20)17-13/h1,3-6,13H,7-10H2,(H,17,20)/t13-/m1/s1. The number of terminal acetylenes is 1. The summed E-state index contributed by atoms with van der Waals surface area (Å²) in [5.41, 5.74) is 0.792. The Kier molecular flexibility index (Phi) is 5.58. The van der Waals surface area contributed by atoms with Crippen molar-refractivity contribution in [2.45, 2.75) is 25.5 Å². The van der Waals surface area contributed by atoms with Crippen molar-refractivity contribution < 1.29 is 28.6 Å². The lowest BCUT2D eigenvalue weighted by Crippen LogP contribution is -2.29. The van der Waals surface area contributed by atoms with Crippen LogP contribution in [0, 0.1) is 12.3 Å². The Balaban J connectivity index is 1.71. The van der Waals surface area contributed by atoms with E-state index in [0.717, 1.165) is 5.56 Å². The van der Waals surface area contributed by atoms with Gasteiger partial charge in [-0.1, -0.05) is 18.1 Å². The summed E-state index contributed by atoms with van der Waals surface area (Å²) in [4.78, 5) is 33.7. The summed E-state index contributed by atoms with van der Waals surface area (Å²) in [6.45, 7) is 0.296. The molecule has 1 aromatic rings. The van der Waals surface area contributed by atoms with Crippen molar-refractivity contribution in [3.63, 3.8) is 0 Å². The molecule has 1 aromatic carbocycles. The van der Waals surface area contributed by atoms with Gasteiger partial charge in [0, 0.05) is 6.42 Å². The van der Waals surface area contributed by atoms with Crippen LogP contribution in [0.4, 0.5) is 4.79 Å². The molecular formula is C16H15NO6. The Hall–Kier alpha value is -3.01. The smallest absolute Gasteiger partial charge is 0.415 e. The molecule has 1 amide bonds. The molecule has 7 heteroatoms. The molecular weight excluding hydrogens is 302 g/mol. The molecule has 1 heterocycles. The van der Waals surface area contributed by atoms with Crippen molar-refractivity contribution in [2.75, 3.05) is 6.61 Å². The maximum absolute atomic E-state index is 11.6. The fraction of sp³-hybridized carbons (Fsp3) is 0.312. The first-order valence-corrected chi connectivity index (χ1v) is 6.91. The van der Waals surface area contributed by atoms with Gasteiger partial charge in [-0.2, -0.15) is 0 Å². The molecule has 1 atom stereocenters. The van der Waals surface area contributed by atoms with Crippen molar-refractivity contribution in [3.8, 4) is 18.1 Å².